The van der Waals surface area contributed by atoms with Gasteiger partial charge in [0.25, 0.3) is 0 Å². The van der Waals surface area contributed by atoms with Gasteiger partial charge in [-0.05, 0) is 37.8 Å². The molecule has 1 aromatic rings. The lowest BCUT2D eigenvalue weighted by Gasteiger charge is -2.30. The molecule has 1 N–H and O–H groups in total. The number of likely N-dealkylation sites (N-methyl/N-ethyl adjacent to an activating group) is 2. The lowest BCUT2D eigenvalue weighted by molar-refractivity contribution is 0.216. The predicted octanol–water partition coefficient (Wildman–Crippen LogP) is 3.05. The second-order valence-electron chi connectivity index (χ2n) is 3.85. The van der Waals surface area contributed by atoms with E-state index in [-0.39, 0.29) is 0 Å². The van der Waals surface area contributed by atoms with E-state index in [1.165, 1.54) is 5.56 Å². The number of nitrogens with one attached hydrogen (secondary N) is 1. The molecule has 1 rings (SSSR count). The highest BCUT2D eigenvalue weighted by Gasteiger charge is 2.16. The highest BCUT2D eigenvalue weighted by atomic mass is 79.9. The monoisotopic (exact) mass is 284 g/mol. The highest BCUT2D eigenvalue weighted by Crippen LogP contribution is 2.22. The van der Waals surface area contributed by atoms with Crippen molar-refractivity contribution in [2.24, 2.45) is 0 Å². The summed E-state index contributed by atoms with van der Waals surface area (Å²) in [7, 11) is 2.01. The average molecular weight is 285 g/mol. The van der Waals surface area contributed by atoms with E-state index in [0.717, 1.165) is 24.1 Å². The Morgan fingerprint density at radius 3 is 2.50 bits per heavy atom. The summed E-state index contributed by atoms with van der Waals surface area (Å²) in [6.45, 7) is 7.57. The van der Waals surface area contributed by atoms with Crippen LogP contribution in [0.5, 0.6) is 0 Å². The van der Waals surface area contributed by atoms with E-state index < -0.39 is 0 Å². The first-order chi connectivity index (χ1) is 7.72. The second kappa shape index (κ2) is 7.05. The predicted molar refractivity (Wildman–Crippen MR) is 73.7 cm³/mol. The van der Waals surface area contributed by atoms with Crippen molar-refractivity contribution in [3.63, 3.8) is 0 Å². The van der Waals surface area contributed by atoms with E-state index in [0.29, 0.717) is 6.04 Å². The van der Waals surface area contributed by atoms with Crippen LogP contribution in [0, 0.1) is 0 Å². The molecule has 0 aromatic heterocycles. The summed E-state index contributed by atoms with van der Waals surface area (Å²) in [6, 6.07) is 9.04. The quantitative estimate of drug-likeness (QED) is 0.864. The van der Waals surface area contributed by atoms with E-state index in [1.807, 2.05) is 7.05 Å². The molecule has 90 valence electrons. The summed E-state index contributed by atoms with van der Waals surface area (Å²) in [4.78, 5) is 2.47. The zero-order valence-corrected chi connectivity index (χ0v) is 11.9. The molecule has 0 bridgehead atoms. The Morgan fingerprint density at radius 1 is 1.31 bits per heavy atom. The summed E-state index contributed by atoms with van der Waals surface area (Å²) in [5, 5.41) is 3.28. The van der Waals surface area contributed by atoms with Crippen molar-refractivity contribution in [2.45, 2.75) is 19.9 Å². The Labute approximate surface area is 107 Å². The van der Waals surface area contributed by atoms with Gasteiger partial charge in [-0.15, -0.1) is 0 Å². The van der Waals surface area contributed by atoms with Crippen molar-refractivity contribution in [3.8, 4) is 0 Å². The van der Waals surface area contributed by atoms with Crippen LogP contribution in [0.2, 0.25) is 0 Å². The first kappa shape index (κ1) is 13.7. The van der Waals surface area contributed by atoms with Crippen molar-refractivity contribution in [1.82, 2.24) is 10.2 Å². The SMILES string of the molecule is CCN(CC)C(CNC)c1cccc(Br)c1. The highest BCUT2D eigenvalue weighted by molar-refractivity contribution is 9.10. The van der Waals surface area contributed by atoms with Crippen molar-refractivity contribution in [2.75, 3.05) is 26.7 Å². The zero-order chi connectivity index (χ0) is 12.0. The number of rotatable bonds is 6. The van der Waals surface area contributed by atoms with Gasteiger partial charge in [0.05, 0.1) is 0 Å². The number of benzene rings is 1. The molecule has 0 fully saturated rings. The lowest BCUT2D eigenvalue weighted by Crippen LogP contribution is -2.34. The second-order valence-corrected chi connectivity index (χ2v) is 4.77. The molecule has 1 aromatic carbocycles. The Kier molecular flexibility index (Phi) is 6.03. The van der Waals surface area contributed by atoms with Crippen LogP contribution in [0.25, 0.3) is 0 Å². The number of hydrogen-bond acceptors (Lipinski definition) is 2. The summed E-state index contributed by atoms with van der Waals surface area (Å²) in [5.41, 5.74) is 1.37. The van der Waals surface area contributed by atoms with Crippen LogP contribution in [0.15, 0.2) is 28.7 Å². The van der Waals surface area contributed by atoms with Gasteiger partial charge in [0.15, 0.2) is 0 Å². The Bertz CT molecular complexity index is 311. The number of hydrogen-bond donors (Lipinski definition) is 1. The fraction of sp³-hybridized carbons (Fsp3) is 0.538. The Hall–Kier alpha value is -0.380. The van der Waals surface area contributed by atoms with Crippen LogP contribution < -0.4 is 5.32 Å². The fourth-order valence-corrected chi connectivity index (χ4v) is 2.45. The van der Waals surface area contributed by atoms with Gasteiger partial charge in [0.1, 0.15) is 0 Å². The largest absolute Gasteiger partial charge is 0.318 e. The topological polar surface area (TPSA) is 15.3 Å². The van der Waals surface area contributed by atoms with E-state index in [9.17, 15) is 0 Å². The van der Waals surface area contributed by atoms with Crippen molar-refractivity contribution >= 4 is 15.9 Å². The van der Waals surface area contributed by atoms with Gasteiger partial charge in [0.2, 0.25) is 0 Å². The molecule has 0 saturated heterocycles. The van der Waals surface area contributed by atoms with Gasteiger partial charge < -0.3 is 5.32 Å². The molecule has 2 nitrogen and oxygen atoms in total. The Balaban J connectivity index is 2.91. The summed E-state index contributed by atoms with van der Waals surface area (Å²) in [6.07, 6.45) is 0. The first-order valence-corrected chi connectivity index (χ1v) is 6.66. The van der Waals surface area contributed by atoms with Crippen molar-refractivity contribution in [3.05, 3.63) is 34.3 Å². The molecule has 16 heavy (non-hydrogen) atoms. The number of halogens is 1. The van der Waals surface area contributed by atoms with Crippen LogP contribution in [0.1, 0.15) is 25.5 Å². The maximum absolute atomic E-state index is 3.54. The third-order valence-electron chi connectivity index (χ3n) is 2.88. The number of nitrogens with zero attached hydrogens (tertiary/aromatic N) is 1. The maximum atomic E-state index is 3.54. The molecule has 0 saturated carbocycles. The van der Waals surface area contributed by atoms with Crippen LogP contribution in [0.4, 0.5) is 0 Å². The lowest BCUT2D eigenvalue weighted by atomic mass is 10.1. The summed E-state index contributed by atoms with van der Waals surface area (Å²) >= 11 is 3.54. The summed E-state index contributed by atoms with van der Waals surface area (Å²) in [5.74, 6) is 0. The molecular formula is C13H21BrN2. The molecule has 1 unspecified atom stereocenters. The average Bonchev–Trinajstić information content (AvgIpc) is 2.29. The fourth-order valence-electron chi connectivity index (χ4n) is 2.03. The summed E-state index contributed by atoms with van der Waals surface area (Å²) < 4.78 is 1.15. The van der Waals surface area contributed by atoms with Gasteiger partial charge in [-0.1, -0.05) is 41.9 Å². The Morgan fingerprint density at radius 2 is 2.00 bits per heavy atom. The molecule has 0 aliphatic rings. The minimum absolute atomic E-state index is 0.456. The molecule has 0 aliphatic carbocycles. The van der Waals surface area contributed by atoms with Gasteiger partial charge in [0, 0.05) is 17.1 Å². The van der Waals surface area contributed by atoms with Crippen LogP contribution in [-0.4, -0.2) is 31.6 Å². The molecule has 3 heteroatoms. The maximum Gasteiger partial charge on any atom is 0.0472 e. The third-order valence-corrected chi connectivity index (χ3v) is 3.38. The minimum atomic E-state index is 0.456. The standard InChI is InChI=1S/C13H21BrN2/c1-4-16(5-2)13(10-15-3)11-7-6-8-12(14)9-11/h6-9,13,15H,4-5,10H2,1-3H3. The van der Waals surface area contributed by atoms with Gasteiger partial charge in [-0.3, -0.25) is 4.90 Å². The third kappa shape index (κ3) is 3.58. The molecular weight excluding hydrogens is 264 g/mol. The minimum Gasteiger partial charge on any atom is -0.318 e. The first-order valence-electron chi connectivity index (χ1n) is 5.87. The molecule has 0 heterocycles. The molecule has 0 amide bonds. The van der Waals surface area contributed by atoms with E-state index >= 15 is 0 Å². The van der Waals surface area contributed by atoms with Gasteiger partial charge in [-0.2, -0.15) is 0 Å². The van der Waals surface area contributed by atoms with Crippen molar-refractivity contribution in [1.29, 1.82) is 0 Å². The van der Waals surface area contributed by atoms with E-state index in [2.05, 4.69) is 64.3 Å². The smallest absolute Gasteiger partial charge is 0.0472 e. The molecule has 1 atom stereocenters. The van der Waals surface area contributed by atoms with E-state index in [1.54, 1.807) is 0 Å². The van der Waals surface area contributed by atoms with Crippen molar-refractivity contribution < 1.29 is 0 Å². The molecule has 0 spiro atoms. The molecule has 0 aliphatic heterocycles. The normalized spacial score (nSPS) is 13.1. The van der Waals surface area contributed by atoms with Gasteiger partial charge >= 0.3 is 0 Å². The van der Waals surface area contributed by atoms with Crippen LogP contribution >= 0.6 is 15.9 Å². The molecule has 0 radical (unpaired) electrons. The van der Waals surface area contributed by atoms with Gasteiger partial charge in [-0.25, -0.2) is 0 Å². The van der Waals surface area contributed by atoms with Crippen LogP contribution in [-0.2, 0) is 0 Å². The van der Waals surface area contributed by atoms with E-state index in [4.69, 9.17) is 0 Å². The van der Waals surface area contributed by atoms with Crippen LogP contribution in [0.3, 0.4) is 0 Å². The zero-order valence-electron chi connectivity index (χ0n) is 10.3.